The Hall–Kier alpha value is -3.64. The van der Waals surface area contributed by atoms with Crippen molar-refractivity contribution in [3.8, 4) is 11.5 Å². The molecule has 0 saturated heterocycles. The number of hydrogen-bond acceptors (Lipinski definition) is 10. The van der Waals surface area contributed by atoms with Crippen LogP contribution in [-0.2, 0) is 40.5 Å². The molecule has 1 aliphatic heterocycles. The fraction of sp³-hybridized carbons (Fsp3) is 0.571. The van der Waals surface area contributed by atoms with Crippen molar-refractivity contribution in [2.24, 2.45) is 11.7 Å². The molecule has 12 heteroatoms. The van der Waals surface area contributed by atoms with Crippen molar-refractivity contribution in [3.63, 3.8) is 0 Å². The van der Waals surface area contributed by atoms with E-state index in [1.807, 2.05) is 6.07 Å². The van der Waals surface area contributed by atoms with Crippen molar-refractivity contribution in [2.75, 3.05) is 6.54 Å². The molecule has 0 unspecified atom stereocenters. The molecule has 1 aromatic carbocycles. The predicted octanol–water partition coefficient (Wildman–Crippen LogP) is 0.939. The number of phenols is 1. The van der Waals surface area contributed by atoms with Crippen molar-refractivity contribution < 1.29 is 48.7 Å². The van der Waals surface area contributed by atoms with Gasteiger partial charge in [-0.1, -0.05) is 12.5 Å². The van der Waals surface area contributed by atoms with Crippen LogP contribution in [0.5, 0.6) is 11.5 Å². The number of esters is 2. The maximum Gasteiger partial charge on any atom is 0.352 e. The number of phenolic OH excluding ortho intramolecular Hbond substituents is 1. The van der Waals surface area contributed by atoms with E-state index in [9.17, 15) is 29.4 Å². The largest absolute Gasteiger partial charge is 0.504 e. The summed E-state index contributed by atoms with van der Waals surface area (Å²) in [5, 5.41) is 33.7. The first kappa shape index (κ1) is 27.9. The molecular formula is C28H34N2O10. The molecule has 5 rings (SSSR count). The molecule has 3 aliphatic carbocycles. The van der Waals surface area contributed by atoms with E-state index in [0.29, 0.717) is 18.6 Å². The molecule has 6 N–H and O–H groups in total. The molecule has 1 saturated carbocycles. The van der Waals surface area contributed by atoms with Crippen LogP contribution in [0.2, 0.25) is 0 Å². The van der Waals surface area contributed by atoms with Gasteiger partial charge < -0.3 is 40.6 Å². The Bertz CT molecular complexity index is 1280. The van der Waals surface area contributed by atoms with Crippen molar-refractivity contribution in [3.05, 3.63) is 35.1 Å². The number of hydrogen-bond donors (Lipinski definition) is 5. The van der Waals surface area contributed by atoms with Crippen LogP contribution in [0.4, 0.5) is 0 Å². The zero-order chi connectivity index (χ0) is 28.8. The molecule has 1 amide bonds. The molecule has 1 aromatic rings. The number of carbonyl (C=O) groups excluding carboxylic acids is 3. The summed E-state index contributed by atoms with van der Waals surface area (Å²) in [5.74, 6) is -2.74. The molecule has 216 valence electrons. The van der Waals surface area contributed by atoms with E-state index in [4.69, 9.17) is 25.1 Å². The Labute approximate surface area is 230 Å². The van der Waals surface area contributed by atoms with Gasteiger partial charge in [-0.3, -0.25) is 14.4 Å². The molecule has 0 aromatic heterocycles. The number of amides is 1. The number of rotatable bonds is 10. The lowest BCUT2D eigenvalue weighted by Gasteiger charge is -2.59. The van der Waals surface area contributed by atoms with E-state index in [1.165, 1.54) is 6.92 Å². The fourth-order valence-electron chi connectivity index (χ4n) is 6.86. The highest BCUT2D eigenvalue weighted by atomic mass is 16.6. The van der Waals surface area contributed by atoms with Crippen LogP contribution in [0.25, 0.3) is 0 Å². The van der Waals surface area contributed by atoms with Crippen molar-refractivity contribution in [1.82, 2.24) is 5.32 Å². The zero-order valence-corrected chi connectivity index (χ0v) is 22.2. The molecule has 6 atom stereocenters. The summed E-state index contributed by atoms with van der Waals surface area (Å²) in [5.41, 5.74) is 5.49. The molecule has 4 aliphatic rings. The summed E-state index contributed by atoms with van der Waals surface area (Å²) < 4.78 is 17.1. The second-order valence-corrected chi connectivity index (χ2v) is 11.1. The average Bonchev–Trinajstić information content (AvgIpc) is 3.25. The summed E-state index contributed by atoms with van der Waals surface area (Å²) >= 11 is 0. The highest BCUT2D eigenvalue weighted by Gasteiger charge is 2.70. The van der Waals surface area contributed by atoms with Gasteiger partial charge in [-0.25, -0.2) is 4.79 Å². The van der Waals surface area contributed by atoms with Crippen LogP contribution in [0.3, 0.4) is 0 Å². The normalized spacial score (nSPS) is 28.7. The topological polar surface area (TPSA) is 195 Å². The first-order valence-corrected chi connectivity index (χ1v) is 13.6. The molecular weight excluding hydrogens is 524 g/mol. The first-order valence-electron chi connectivity index (χ1n) is 13.6. The van der Waals surface area contributed by atoms with Gasteiger partial charge in [-0.2, -0.15) is 0 Å². The Balaban J connectivity index is 1.21. The van der Waals surface area contributed by atoms with E-state index in [-0.39, 0.29) is 49.7 Å². The summed E-state index contributed by atoms with van der Waals surface area (Å²) in [6.07, 6.45) is 2.32. The minimum absolute atomic E-state index is 0.0101. The number of benzene rings is 1. The number of ether oxygens (including phenoxy) is 3. The van der Waals surface area contributed by atoms with Gasteiger partial charge in [0, 0.05) is 18.5 Å². The monoisotopic (exact) mass is 558 g/mol. The first-order chi connectivity index (χ1) is 19.0. The quantitative estimate of drug-likeness (QED) is 0.256. The number of nitrogens with two attached hydrogens (primary N) is 1. The summed E-state index contributed by atoms with van der Waals surface area (Å²) in [7, 11) is 0. The lowest BCUT2D eigenvalue weighted by atomic mass is 9.47. The Morgan fingerprint density at radius 2 is 2.02 bits per heavy atom. The van der Waals surface area contributed by atoms with Gasteiger partial charge in [0.25, 0.3) is 0 Å². The summed E-state index contributed by atoms with van der Waals surface area (Å²) in [6.45, 7) is 1.26. The minimum atomic E-state index is -1.27. The number of carboxylic acids is 1. The highest BCUT2D eigenvalue weighted by molar-refractivity contribution is 5.83. The van der Waals surface area contributed by atoms with Crippen LogP contribution in [0.1, 0.15) is 63.0 Å². The highest BCUT2D eigenvalue weighted by Crippen LogP contribution is 2.67. The third kappa shape index (κ3) is 4.48. The predicted molar refractivity (Wildman–Crippen MR) is 137 cm³/mol. The second kappa shape index (κ2) is 10.4. The van der Waals surface area contributed by atoms with Gasteiger partial charge in [-0.05, 0) is 62.7 Å². The average molecular weight is 559 g/mol. The van der Waals surface area contributed by atoms with Crippen LogP contribution in [-0.4, -0.2) is 69.5 Å². The van der Waals surface area contributed by atoms with E-state index in [2.05, 4.69) is 5.32 Å². The van der Waals surface area contributed by atoms with Crippen molar-refractivity contribution in [1.29, 1.82) is 0 Å². The van der Waals surface area contributed by atoms with Crippen LogP contribution < -0.4 is 15.8 Å². The lowest BCUT2D eigenvalue weighted by Crippen LogP contribution is -2.67. The van der Waals surface area contributed by atoms with Crippen LogP contribution >= 0.6 is 0 Å². The van der Waals surface area contributed by atoms with Gasteiger partial charge in [0.1, 0.15) is 5.76 Å². The van der Waals surface area contributed by atoms with E-state index in [0.717, 1.165) is 24.0 Å². The second-order valence-electron chi connectivity index (χ2n) is 11.1. The van der Waals surface area contributed by atoms with Gasteiger partial charge in [0.05, 0.1) is 23.5 Å². The van der Waals surface area contributed by atoms with Gasteiger partial charge in [0.2, 0.25) is 5.91 Å². The number of carboxylic acid groups (broad SMARTS) is 1. The number of aromatic hydroxyl groups is 1. The number of aliphatic hydroxyl groups is 1. The Kier molecular flexibility index (Phi) is 7.26. The fourth-order valence-corrected chi connectivity index (χ4v) is 6.86. The van der Waals surface area contributed by atoms with Gasteiger partial charge >= 0.3 is 17.9 Å². The Morgan fingerprint density at radius 3 is 2.77 bits per heavy atom. The van der Waals surface area contributed by atoms with Crippen molar-refractivity contribution in [2.45, 2.75) is 87.6 Å². The standard InChI is InChI=1S/C28H34N2O10/c1-14(38-21(34)9-12-30-25(35)17(29)5-7-20(32)33)26(36)39-19-8-11-28(37)16-3-2-10-27(28)22-15(13-16)4-6-18(31)23(22)40-24(19)27/h4,6,8,14,16-17,24,31,37H,2-3,5,7,9-13,29H2,1H3,(H,30,35)(H,32,33)/t14-,16+,17-,24-,27-,28+/m0/s1. The molecule has 1 heterocycles. The van der Waals surface area contributed by atoms with E-state index < -0.39 is 53.1 Å². The number of aliphatic carboxylic acids is 1. The SMILES string of the molecule is C[C@H](OC(=O)CCNC(=O)[C@@H](N)CCC(=O)O)C(=O)OC1=CC[C@@]2(O)[C@@H]3CCC[C@@]24c2c(ccc(O)c2O[C@@H]14)C3. The molecule has 12 nitrogen and oxygen atoms in total. The number of nitrogens with one attached hydrogen (secondary N) is 1. The number of carbonyl (C=O) groups is 4. The van der Waals surface area contributed by atoms with E-state index in [1.54, 1.807) is 12.1 Å². The zero-order valence-electron chi connectivity index (χ0n) is 22.2. The van der Waals surface area contributed by atoms with Gasteiger partial charge in [-0.15, -0.1) is 0 Å². The van der Waals surface area contributed by atoms with E-state index >= 15 is 0 Å². The maximum absolute atomic E-state index is 12.9. The third-order valence-electron chi connectivity index (χ3n) is 8.76. The maximum atomic E-state index is 12.9. The molecule has 1 spiro atoms. The third-order valence-corrected chi connectivity index (χ3v) is 8.76. The van der Waals surface area contributed by atoms with Gasteiger partial charge in [0.15, 0.2) is 23.7 Å². The summed E-state index contributed by atoms with van der Waals surface area (Å²) in [4.78, 5) is 47.7. The summed E-state index contributed by atoms with van der Waals surface area (Å²) in [6, 6.07) is 2.44. The molecule has 2 bridgehead atoms. The lowest BCUT2D eigenvalue weighted by molar-refractivity contribution is -0.171. The molecule has 40 heavy (non-hydrogen) atoms. The smallest absolute Gasteiger partial charge is 0.352 e. The minimum Gasteiger partial charge on any atom is -0.504 e. The molecule has 0 radical (unpaired) electrons. The van der Waals surface area contributed by atoms with Crippen LogP contribution in [0.15, 0.2) is 24.0 Å². The van der Waals surface area contributed by atoms with Crippen LogP contribution in [0, 0.1) is 5.92 Å². The molecule has 1 fully saturated rings. The van der Waals surface area contributed by atoms with Crippen molar-refractivity contribution >= 4 is 23.8 Å². The Morgan fingerprint density at radius 1 is 1.25 bits per heavy atom.